The molecule has 1 saturated heterocycles. The van der Waals surface area contributed by atoms with E-state index in [0.29, 0.717) is 6.61 Å². The van der Waals surface area contributed by atoms with Crippen molar-refractivity contribution in [1.82, 2.24) is 0 Å². The second kappa shape index (κ2) is 9.00. The number of ether oxygens (including phenoxy) is 3. The van der Waals surface area contributed by atoms with Gasteiger partial charge < -0.3 is 19.3 Å². The van der Waals surface area contributed by atoms with Gasteiger partial charge in [0, 0.05) is 6.42 Å². The molecule has 0 aliphatic carbocycles. The lowest BCUT2D eigenvalue weighted by molar-refractivity contribution is -0.311. The lowest BCUT2D eigenvalue weighted by atomic mass is 10.0. The average molecular weight is 396 g/mol. The van der Waals surface area contributed by atoms with Crippen LogP contribution in [0, 0.1) is 0 Å². The second-order valence-corrected chi connectivity index (χ2v) is 7.86. The fourth-order valence-corrected chi connectivity index (χ4v) is 2.87. The van der Waals surface area contributed by atoms with E-state index in [9.17, 15) is 14.7 Å². The number of benzene rings is 1. The quantitative estimate of drug-likeness (QED) is 0.407. The Morgan fingerprint density at radius 2 is 1.86 bits per heavy atom. The van der Waals surface area contributed by atoms with Gasteiger partial charge in [0.1, 0.15) is 18.3 Å². The largest absolute Gasteiger partial charge is 0.459 e. The maximum absolute atomic E-state index is 12.4. The molecule has 1 fully saturated rings. The molecule has 0 amide bonds. The SMILES string of the molecule is CC(O)CC(C)(C)OOC(=O)c1ccccc1C(=O)OCC1COC(C)(C)O1. The van der Waals surface area contributed by atoms with E-state index in [2.05, 4.69) is 0 Å². The van der Waals surface area contributed by atoms with Crippen LogP contribution in [0.5, 0.6) is 0 Å². The van der Waals surface area contributed by atoms with E-state index in [1.807, 2.05) is 0 Å². The molecule has 0 saturated carbocycles. The van der Waals surface area contributed by atoms with Crippen LogP contribution >= 0.6 is 0 Å². The van der Waals surface area contributed by atoms with Crippen molar-refractivity contribution in [3.63, 3.8) is 0 Å². The smallest absolute Gasteiger partial charge is 0.373 e. The Balaban J connectivity index is 1.97. The molecule has 1 heterocycles. The summed E-state index contributed by atoms with van der Waals surface area (Å²) in [6, 6.07) is 6.13. The Morgan fingerprint density at radius 1 is 1.25 bits per heavy atom. The summed E-state index contributed by atoms with van der Waals surface area (Å²) in [4.78, 5) is 34.9. The summed E-state index contributed by atoms with van der Waals surface area (Å²) in [5, 5.41) is 9.47. The Hall–Kier alpha value is -2.00. The van der Waals surface area contributed by atoms with Crippen molar-refractivity contribution in [2.24, 2.45) is 0 Å². The molecule has 2 rings (SSSR count). The van der Waals surface area contributed by atoms with E-state index in [-0.39, 0.29) is 30.3 Å². The number of hydrogen-bond acceptors (Lipinski definition) is 8. The van der Waals surface area contributed by atoms with Gasteiger partial charge >= 0.3 is 11.9 Å². The highest BCUT2D eigenvalue weighted by molar-refractivity contribution is 6.02. The first kappa shape index (κ1) is 22.3. The molecule has 0 aromatic heterocycles. The van der Waals surface area contributed by atoms with Gasteiger partial charge in [-0.25, -0.2) is 9.59 Å². The van der Waals surface area contributed by atoms with E-state index in [0.717, 1.165) is 0 Å². The van der Waals surface area contributed by atoms with Crippen LogP contribution in [0.1, 0.15) is 61.8 Å². The summed E-state index contributed by atoms with van der Waals surface area (Å²) in [5.74, 6) is -2.22. The zero-order chi connectivity index (χ0) is 20.9. The zero-order valence-corrected chi connectivity index (χ0v) is 16.9. The lowest BCUT2D eigenvalue weighted by Gasteiger charge is -2.24. The van der Waals surface area contributed by atoms with Gasteiger partial charge in [-0.3, -0.25) is 4.89 Å². The molecule has 1 aliphatic heterocycles. The van der Waals surface area contributed by atoms with Crippen molar-refractivity contribution in [2.45, 2.75) is 64.6 Å². The molecular weight excluding hydrogens is 368 g/mol. The first-order valence-corrected chi connectivity index (χ1v) is 9.15. The van der Waals surface area contributed by atoms with Crippen molar-refractivity contribution in [1.29, 1.82) is 0 Å². The topological polar surface area (TPSA) is 101 Å². The third-order valence-electron chi connectivity index (χ3n) is 3.96. The number of rotatable bonds is 8. The van der Waals surface area contributed by atoms with Gasteiger partial charge in [0.25, 0.3) is 0 Å². The third-order valence-corrected chi connectivity index (χ3v) is 3.96. The van der Waals surface area contributed by atoms with Crippen molar-refractivity contribution in [3.05, 3.63) is 35.4 Å². The van der Waals surface area contributed by atoms with Crippen LogP contribution in [0.3, 0.4) is 0 Å². The Kier molecular flexibility index (Phi) is 7.16. The molecule has 1 aromatic rings. The first-order chi connectivity index (χ1) is 13.0. The minimum absolute atomic E-state index is 0.00354. The van der Waals surface area contributed by atoms with Crippen LogP contribution in [0.2, 0.25) is 0 Å². The number of esters is 1. The van der Waals surface area contributed by atoms with E-state index in [4.69, 9.17) is 24.0 Å². The molecule has 8 nitrogen and oxygen atoms in total. The molecule has 0 spiro atoms. The minimum Gasteiger partial charge on any atom is -0.459 e. The number of carbonyl (C=O) groups is 2. The summed E-state index contributed by atoms with van der Waals surface area (Å²) in [5.41, 5.74) is -0.807. The Bertz CT molecular complexity index is 695. The van der Waals surface area contributed by atoms with Gasteiger partial charge in [-0.15, -0.1) is 0 Å². The third kappa shape index (κ3) is 6.56. The van der Waals surface area contributed by atoms with Crippen molar-refractivity contribution in [2.75, 3.05) is 13.2 Å². The minimum atomic E-state index is -0.883. The van der Waals surface area contributed by atoms with Crippen molar-refractivity contribution >= 4 is 11.9 Å². The normalized spacial score (nSPS) is 19.9. The van der Waals surface area contributed by atoms with Crippen LogP contribution < -0.4 is 0 Å². The summed E-state index contributed by atoms with van der Waals surface area (Å²) in [7, 11) is 0. The zero-order valence-electron chi connectivity index (χ0n) is 16.9. The number of carbonyl (C=O) groups excluding carboxylic acids is 2. The van der Waals surface area contributed by atoms with Gasteiger partial charge in [-0.1, -0.05) is 12.1 Å². The van der Waals surface area contributed by atoms with Gasteiger partial charge in [0.15, 0.2) is 5.79 Å². The molecule has 2 atom stereocenters. The summed E-state index contributed by atoms with van der Waals surface area (Å²) < 4.78 is 16.3. The van der Waals surface area contributed by atoms with E-state index < -0.39 is 29.4 Å². The molecule has 156 valence electrons. The molecule has 2 unspecified atom stereocenters. The predicted molar refractivity (Wildman–Crippen MR) is 98.5 cm³/mol. The van der Waals surface area contributed by atoms with Gasteiger partial charge in [0.05, 0.1) is 23.8 Å². The van der Waals surface area contributed by atoms with E-state index in [1.165, 1.54) is 12.1 Å². The lowest BCUT2D eigenvalue weighted by Crippen LogP contribution is -2.30. The maximum Gasteiger partial charge on any atom is 0.373 e. The Labute approximate surface area is 164 Å². The summed E-state index contributed by atoms with van der Waals surface area (Å²) >= 11 is 0. The molecule has 1 N–H and O–H groups in total. The average Bonchev–Trinajstić information content (AvgIpc) is 2.95. The van der Waals surface area contributed by atoms with Crippen molar-refractivity contribution in [3.8, 4) is 0 Å². The monoisotopic (exact) mass is 396 g/mol. The van der Waals surface area contributed by atoms with Crippen molar-refractivity contribution < 1.29 is 38.7 Å². The predicted octanol–water partition coefficient (Wildman–Crippen LogP) is 2.63. The molecule has 0 radical (unpaired) electrons. The molecule has 1 aromatic carbocycles. The van der Waals surface area contributed by atoms with Gasteiger partial charge in [-0.2, -0.15) is 4.89 Å². The fourth-order valence-electron chi connectivity index (χ4n) is 2.87. The van der Waals surface area contributed by atoms with Crippen LogP contribution in [-0.2, 0) is 24.0 Å². The standard InChI is InChI=1S/C20H28O8/c1-13(21)10-19(2,3)28-27-18(23)16-9-7-6-8-15(16)17(22)24-11-14-12-25-20(4,5)26-14/h6-9,13-14,21H,10-12H2,1-5H3. The number of aliphatic hydroxyl groups is 1. The maximum atomic E-state index is 12.4. The van der Waals surface area contributed by atoms with Gasteiger partial charge in [-0.05, 0) is 46.8 Å². The molecule has 0 bridgehead atoms. The molecule has 1 aliphatic rings. The highest BCUT2D eigenvalue weighted by Crippen LogP contribution is 2.23. The number of hydrogen-bond donors (Lipinski definition) is 1. The van der Waals surface area contributed by atoms with Crippen LogP contribution in [0.25, 0.3) is 0 Å². The highest BCUT2D eigenvalue weighted by atomic mass is 17.2. The Morgan fingerprint density at radius 3 is 2.39 bits per heavy atom. The van der Waals surface area contributed by atoms with Gasteiger partial charge in [0.2, 0.25) is 0 Å². The fraction of sp³-hybridized carbons (Fsp3) is 0.600. The first-order valence-electron chi connectivity index (χ1n) is 9.15. The molecular formula is C20H28O8. The van der Waals surface area contributed by atoms with Crippen LogP contribution in [0.15, 0.2) is 24.3 Å². The van der Waals surface area contributed by atoms with E-state index >= 15 is 0 Å². The molecule has 8 heteroatoms. The number of aliphatic hydroxyl groups excluding tert-OH is 1. The summed E-state index contributed by atoms with van der Waals surface area (Å²) in [6.07, 6.45) is -0.727. The van der Waals surface area contributed by atoms with Crippen LogP contribution in [0.4, 0.5) is 0 Å². The molecule has 28 heavy (non-hydrogen) atoms. The second-order valence-electron chi connectivity index (χ2n) is 7.86. The van der Waals surface area contributed by atoms with Crippen LogP contribution in [-0.4, -0.2) is 53.9 Å². The summed E-state index contributed by atoms with van der Waals surface area (Å²) in [6.45, 7) is 8.84. The van der Waals surface area contributed by atoms with E-state index in [1.54, 1.807) is 46.8 Å². The highest BCUT2D eigenvalue weighted by Gasteiger charge is 2.34.